The van der Waals surface area contributed by atoms with E-state index in [1.54, 1.807) is 30.2 Å². The van der Waals surface area contributed by atoms with E-state index in [0.29, 0.717) is 12.6 Å². The van der Waals surface area contributed by atoms with E-state index < -0.39 is 0 Å². The summed E-state index contributed by atoms with van der Waals surface area (Å²) in [5.41, 5.74) is 3.15. The number of carbonyl (C=O) groups excluding carboxylic acids is 1. The Morgan fingerprint density at radius 1 is 1.10 bits per heavy atom. The first-order valence-electron chi connectivity index (χ1n) is 10.5. The van der Waals surface area contributed by atoms with Crippen LogP contribution in [0.2, 0.25) is 0 Å². The summed E-state index contributed by atoms with van der Waals surface area (Å²) in [7, 11) is 1.77. The molecule has 0 aliphatic rings. The van der Waals surface area contributed by atoms with Crippen LogP contribution in [0.4, 0.5) is 5.69 Å². The van der Waals surface area contributed by atoms with Crippen LogP contribution in [0.15, 0.2) is 78.0 Å². The van der Waals surface area contributed by atoms with E-state index in [1.165, 1.54) is 5.56 Å². The molecular weight excluding hydrogens is 388 g/mol. The smallest absolute Gasteiger partial charge is 0.246 e. The maximum atomic E-state index is 12.2. The van der Waals surface area contributed by atoms with Crippen molar-refractivity contribution in [3.8, 4) is 0 Å². The number of benzene rings is 2. The first-order chi connectivity index (χ1) is 15.1. The highest BCUT2D eigenvalue weighted by molar-refractivity contribution is 5.90. The lowest BCUT2D eigenvalue weighted by Gasteiger charge is -2.18. The maximum Gasteiger partial charge on any atom is 0.246 e. The zero-order valence-corrected chi connectivity index (χ0v) is 18.1. The van der Waals surface area contributed by atoms with Gasteiger partial charge in [0, 0.05) is 37.7 Å². The monoisotopic (exact) mass is 418 g/mol. The topological polar surface area (TPSA) is 83.3 Å². The number of carbonyl (C=O) groups is 1. The van der Waals surface area contributed by atoms with Gasteiger partial charge in [0.25, 0.3) is 0 Å². The summed E-state index contributed by atoms with van der Waals surface area (Å²) in [5, 5.41) is 13.7. The molecule has 1 unspecified atom stereocenters. The highest BCUT2D eigenvalue weighted by atomic mass is 16.2. The van der Waals surface area contributed by atoms with Crippen LogP contribution in [-0.2, 0) is 24.3 Å². The Bertz CT molecular complexity index is 969. The summed E-state index contributed by atoms with van der Waals surface area (Å²) in [6.45, 7) is 2.95. The summed E-state index contributed by atoms with van der Waals surface area (Å²) in [6.07, 6.45) is 5.46. The summed E-state index contributed by atoms with van der Waals surface area (Å²) in [5.74, 6) is 0.646. The number of amides is 1. The molecule has 31 heavy (non-hydrogen) atoms. The van der Waals surface area contributed by atoms with E-state index in [9.17, 15) is 4.79 Å². The predicted molar refractivity (Wildman–Crippen MR) is 125 cm³/mol. The molecule has 0 saturated carbocycles. The van der Waals surface area contributed by atoms with Crippen LogP contribution in [0.1, 0.15) is 24.5 Å². The quantitative estimate of drug-likeness (QED) is 0.368. The van der Waals surface area contributed by atoms with Gasteiger partial charge in [-0.3, -0.25) is 14.5 Å². The molecular formula is C24H30N6O. The number of aryl methyl sites for hydroxylation is 1. The number of rotatable bonds is 9. The number of aromatic nitrogens is 2. The molecule has 0 spiro atoms. The molecule has 0 fully saturated rings. The lowest BCUT2D eigenvalue weighted by molar-refractivity contribution is -0.116. The molecule has 0 bridgehead atoms. The van der Waals surface area contributed by atoms with Crippen molar-refractivity contribution < 1.29 is 4.79 Å². The molecule has 7 heteroatoms. The average Bonchev–Trinajstić information content (AvgIpc) is 3.29. The zero-order valence-electron chi connectivity index (χ0n) is 18.1. The fraction of sp³-hybridized carbons (Fsp3) is 0.292. The van der Waals surface area contributed by atoms with Crippen molar-refractivity contribution in [1.82, 2.24) is 20.4 Å². The molecule has 0 aliphatic carbocycles. The second kappa shape index (κ2) is 11.5. The van der Waals surface area contributed by atoms with Crippen LogP contribution in [0.25, 0.3) is 0 Å². The van der Waals surface area contributed by atoms with Crippen LogP contribution < -0.4 is 16.0 Å². The van der Waals surface area contributed by atoms with Gasteiger partial charge < -0.3 is 16.0 Å². The minimum absolute atomic E-state index is 0.112. The van der Waals surface area contributed by atoms with Crippen LogP contribution in [0, 0.1) is 0 Å². The van der Waals surface area contributed by atoms with Gasteiger partial charge in [-0.25, -0.2) is 0 Å². The Morgan fingerprint density at radius 2 is 1.90 bits per heavy atom. The first-order valence-corrected chi connectivity index (χ1v) is 10.5. The number of guanidine groups is 1. The first kappa shape index (κ1) is 22.1. The summed E-state index contributed by atoms with van der Waals surface area (Å²) in [4.78, 5) is 16.5. The standard InChI is InChI=1S/C24H30N6O/c1-19(12-13-20-8-4-3-5-9-20)28-24(25-2)26-17-21-10-6-11-22(16-21)29-23(31)18-30-15-7-14-27-30/h3-11,14-16,19H,12-13,17-18H2,1-2H3,(H,29,31)(H2,25,26,28). The van der Waals surface area contributed by atoms with Gasteiger partial charge in [-0.05, 0) is 49.1 Å². The lowest BCUT2D eigenvalue weighted by atomic mass is 10.1. The Hall–Kier alpha value is -3.61. The van der Waals surface area contributed by atoms with Crippen LogP contribution >= 0.6 is 0 Å². The molecule has 2 aromatic carbocycles. The SMILES string of the molecule is CN=C(NCc1cccc(NC(=O)Cn2cccn2)c1)NC(C)CCc1ccccc1. The Labute approximate surface area is 183 Å². The van der Waals surface area contributed by atoms with Gasteiger partial charge >= 0.3 is 0 Å². The van der Waals surface area contributed by atoms with Gasteiger partial charge in [-0.15, -0.1) is 0 Å². The number of hydrogen-bond donors (Lipinski definition) is 3. The molecule has 1 heterocycles. The van der Waals surface area contributed by atoms with Crippen LogP contribution in [0.3, 0.4) is 0 Å². The van der Waals surface area contributed by atoms with Crippen LogP contribution in [-0.4, -0.2) is 34.7 Å². The number of nitrogens with zero attached hydrogens (tertiary/aromatic N) is 3. The molecule has 1 atom stereocenters. The fourth-order valence-electron chi connectivity index (χ4n) is 3.21. The van der Waals surface area contributed by atoms with E-state index in [2.05, 4.69) is 57.2 Å². The van der Waals surface area contributed by atoms with E-state index in [0.717, 1.165) is 30.1 Å². The van der Waals surface area contributed by atoms with Crippen molar-refractivity contribution in [3.05, 3.63) is 84.2 Å². The molecule has 3 N–H and O–H groups in total. The lowest BCUT2D eigenvalue weighted by Crippen LogP contribution is -2.42. The molecule has 1 amide bonds. The van der Waals surface area contributed by atoms with E-state index >= 15 is 0 Å². The third-order valence-electron chi connectivity index (χ3n) is 4.85. The summed E-state index contributed by atoms with van der Waals surface area (Å²) >= 11 is 0. The number of anilines is 1. The van der Waals surface area contributed by atoms with Crippen molar-refractivity contribution in [3.63, 3.8) is 0 Å². The van der Waals surface area contributed by atoms with Gasteiger partial charge in [-0.2, -0.15) is 5.10 Å². The third-order valence-corrected chi connectivity index (χ3v) is 4.85. The van der Waals surface area contributed by atoms with Crippen molar-refractivity contribution in [1.29, 1.82) is 0 Å². The minimum Gasteiger partial charge on any atom is -0.354 e. The van der Waals surface area contributed by atoms with Crippen molar-refractivity contribution >= 4 is 17.6 Å². The molecule has 162 valence electrons. The Morgan fingerprint density at radius 3 is 2.65 bits per heavy atom. The highest BCUT2D eigenvalue weighted by Gasteiger charge is 2.07. The second-order valence-corrected chi connectivity index (χ2v) is 7.45. The maximum absolute atomic E-state index is 12.2. The zero-order chi connectivity index (χ0) is 21.9. The molecule has 0 aliphatic heterocycles. The molecule has 0 saturated heterocycles. The van der Waals surface area contributed by atoms with Gasteiger partial charge in [-0.1, -0.05) is 42.5 Å². The predicted octanol–water partition coefficient (Wildman–Crippen LogP) is 3.21. The third kappa shape index (κ3) is 7.62. The van der Waals surface area contributed by atoms with Gasteiger partial charge in [0.05, 0.1) is 0 Å². The van der Waals surface area contributed by atoms with Gasteiger partial charge in [0.2, 0.25) is 5.91 Å². The molecule has 0 radical (unpaired) electrons. The van der Waals surface area contributed by atoms with Crippen LogP contribution in [0.5, 0.6) is 0 Å². The van der Waals surface area contributed by atoms with E-state index in [-0.39, 0.29) is 12.5 Å². The summed E-state index contributed by atoms with van der Waals surface area (Å²) in [6, 6.07) is 20.4. The minimum atomic E-state index is -0.112. The molecule has 3 aromatic rings. The van der Waals surface area contributed by atoms with Crippen molar-refractivity contribution in [2.45, 2.75) is 38.9 Å². The van der Waals surface area contributed by atoms with E-state index in [4.69, 9.17) is 0 Å². The summed E-state index contributed by atoms with van der Waals surface area (Å²) < 4.78 is 1.59. The molecule has 3 rings (SSSR count). The largest absolute Gasteiger partial charge is 0.354 e. The van der Waals surface area contributed by atoms with Gasteiger partial charge in [0.1, 0.15) is 6.54 Å². The normalized spacial score (nSPS) is 12.3. The number of nitrogens with one attached hydrogen (secondary N) is 3. The second-order valence-electron chi connectivity index (χ2n) is 7.45. The Balaban J connectivity index is 1.45. The highest BCUT2D eigenvalue weighted by Crippen LogP contribution is 2.11. The number of hydrogen-bond acceptors (Lipinski definition) is 3. The van der Waals surface area contributed by atoms with Crippen molar-refractivity contribution in [2.24, 2.45) is 4.99 Å². The van der Waals surface area contributed by atoms with Crippen molar-refractivity contribution in [2.75, 3.05) is 12.4 Å². The molecule has 1 aromatic heterocycles. The van der Waals surface area contributed by atoms with Gasteiger partial charge in [0.15, 0.2) is 5.96 Å². The van der Waals surface area contributed by atoms with E-state index in [1.807, 2.05) is 30.3 Å². The molecule has 7 nitrogen and oxygen atoms in total. The average molecular weight is 419 g/mol. The fourth-order valence-corrected chi connectivity index (χ4v) is 3.21. The Kier molecular flexibility index (Phi) is 8.22. The number of aliphatic imine (C=N–C) groups is 1.